The standard InChI is InChI=1S/C14H23BrClN3/c1-3-12-14(15)13(19(2)18-12)9-17-8-10-4-6-11(16)7-5-10/h10-11,17H,3-9H2,1-2H3. The van der Waals surface area contributed by atoms with Gasteiger partial charge in [0.05, 0.1) is 15.9 Å². The van der Waals surface area contributed by atoms with Gasteiger partial charge in [0.15, 0.2) is 0 Å². The summed E-state index contributed by atoms with van der Waals surface area (Å²) in [5.41, 5.74) is 2.38. The first-order chi connectivity index (χ1) is 9.11. The monoisotopic (exact) mass is 347 g/mol. The summed E-state index contributed by atoms with van der Waals surface area (Å²) in [6.45, 7) is 4.10. The van der Waals surface area contributed by atoms with Gasteiger partial charge in [-0.15, -0.1) is 11.6 Å². The quantitative estimate of drug-likeness (QED) is 0.823. The molecule has 0 aromatic carbocycles. The molecule has 0 bridgehead atoms. The second-order valence-electron chi connectivity index (χ2n) is 5.43. The van der Waals surface area contributed by atoms with Crippen LogP contribution in [0, 0.1) is 5.92 Å². The van der Waals surface area contributed by atoms with Crippen LogP contribution in [-0.2, 0) is 20.0 Å². The number of aryl methyl sites for hydroxylation is 2. The zero-order valence-corrected chi connectivity index (χ0v) is 14.1. The first-order valence-corrected chi connectivity index (χ1v) is 8.39. The van der Waals surface area contributed by atoms with Crippen molar-refractivity contribution in [1.29, 1.82) is 0 Å². The average molecular weight is 349 g/mol. The Labute approximate surface area is 129 Å². The van der Waals surface area contributed by atoms with E-state index in [4.69, 9.17) is 11.6 Å². The van der Waals surface area contributed by atoms with Gasteiger partial charge >= 0.3 is 0 Å². The Morgan fingerprint density at radius 1 is 1.37 bits per heavy atom. The van der Waals surface area contributed by atoms with Crippen LogP contribution < -0.4 is 5.32 Å². The van der Waals surface area contributed by atoms with Crippen LogP contribution in [0.5, 0.6) is 0 Å². The highest BCUT2D eigenvalue weighted by Crippen LogP contribution is 2.27. The van der Waals surface area contributed by atoms with Gasteiger partial charge in [0, 0.05) is 19.0 Å². The molecule has 0 spiro atoms. The van der Waals surface area contributed by atoms with Gasteiger partial charge in [-0.25, -0.2) is 0 Å². The summed E-state index contributed by atoms with van der Waals surface area (Å²) in [5, 5.41) is 8.50. The van der Waals surface area contributed by atoms with E-state index in [9.17, 15) is 0 Å². The maximum absolute atomic E-state index is 6.13. The first kappa shape index (κ1) is 15.3. The lowest BCUT2D eigenvalue weighted by molar-refractivity contribution is 0.344. The molecule has 1 aromatic heterocycles. The lowest BCUT2D eigenvalue weighted by atomic mass is 9.89. The Bertz CT molecular complexity index is 411. The first-order valence-electron chi connectivity index (χ1n) is 7.16. The largest absolute Gasteiger partial charge is 0.311 e. The number of hydrogen-bond donors (Lipinski definition) is 1. The van der Waals surface area contributed by atoms with E-state index in [-0.39, 0.29) is 0 Å². The van der Waals surface area contributed by atoms with E-state index >= 15 is 0 Å². The van der Waals surface area contributed by atoms with Gasteiger partial charge in [0.25, 0.3) is 0 Å². The Hall–Kier alpha value is -0.0600. The molecule has 0 aliphatic heterocycles. The van der Waals surface area contributed by atoms with Gasteiger partial charge in [0.1, 0.15) is 0 Å². The molecule has 0 amide bonds. The maximum atomic E-state index is 6.13. The fourth-order valence-electron chi connectivity index (χ4n) is 2.73. The molecule has 0 unspecified atom stereocenters. The van der Waals surface area contributed by atoms with Crippen molar-refractivity contribution in [3.63, 3.8) is 0 Å². The third kappa shape index (κ3) is 3.96. The lowest BCUT2D eigenvalue weighted by Gasteiger charge is -2.25. The molecule has 0 saturated heterocycles. The van der Waals surface area contributed by atoms with Gasteiger partial charge in [-0.3, -0.25) is 4.68 Å². The molecule has 1 saturated carbocycles. The van der Waals surface area contributed by atoms with Crippen molar-refractivity contribution in [1.82, 2.24) is 15.1 Å². The topological polar surface area (TPSA) is 29.9 Å². The number of nitrogens with one attached hydrogen (secondary N) is 1. The molecule has 1 aromatic rings. The third-order valence-electron chi connectivity index (χ3n) is 4.00. The third-order valence-corrected chi connectivity index (χ3v) is 5.36. The normalized spacial score (nSPS) is 23.8. The highest BCUT2D eigenvalue weighted by Gasteiger charge is 2.19. The maximum Gasteiger partial charge on any atom is 0.0767 e. The smallest absolute Gasteiger partial charge is 0.0767 e. The van der Waals surface area contributed by atoms with Crippen molar-refractivity contribution < 1.29 is 0 Å². The van der Waals surface area contributed by atoms with E-state index in [1.165, 1.54) is 31.4 Å². The van der Waals surface area contributed by atoms with Crippen molar-refractivity contribution in [3.05, 3.63) is 15.9 Å². The highest BCUT2D eigenvalue weighted by atomic mass is 79.9. The molecule has 108 valence electrons. The predicted molar refractivity (Wildman–Crippen MR) is 83.6 cm³/mol. The average Bonchev–Trinajstić information content (AvgIpc) is 2.68. The van der Waals surface area contributed by atoms with Crippen molar-refractivity contribution in [2.45, 2.75) is 50.9 Å². The van der Waals surface area contributed by atoms with Crippen molar-refractivity contribution in [3.8, 4) is 0 Å². The molecule has 1 aliphatic carbocycles. The number of halogens is 2. The van der Waals surface area contributed by atoms with E-state index in [1.807, 2.05) is 11.7 Å². The van der Waals surface area contributed by atoms with E-state index in [1.54, 1.807) is 0 Å². The zero-order valence-electron chi connectivity index (χ0n) is 11.8. The van der Waals surface area contributed by atoms with Crippen LogP contribution in [0.15, 0.2) is 4.47 Å². The van der Waals surface area contributed by atoms with E-state index in [0.29, 0.717) is 5.38 Å². The summed E-state index contributed by atoms with van der Waals surface area (Å²) in [7, 11) is 2.01. The van der Waals surface area contributed by atoms with Crippen LogP contribution in [0.3, 0.4) is 0 Å². The van der Waals surface area contributed by atoms with Gasteiger partial charge in [-0.2, -0.15) is 5.10 Å². The lowest BCUT2D eigenvalue weighted by Crippen LogP contribution is -2.27. The Morgan fingerprint density at radius 3 is 2.63 bits per heavy atom. The fourth-order valence-corrected chi connectivity index (χ4v) is 3.74. The fraction of sp³-hybridized carbons (Fsp3) is 0.786. The van der Waals surface area contributed by atoms with Crippen molar-refractivity contribution >= 4 is 27.5 Å². The van der Waals surface area contributed by atoms with E-state index in [2.05, 4.69) is 33.3 Å². The van der Waals surface area contributed by atoms with Gasteiger partial charge in [-0.1, -0.05) is 6.92 Å². The molecule has 1 heterocycles. The van der Waals surface area contributed by atoms with Crippen LogP contribution in [0.2, 0.25) is 0 Å². The van der Waals surface area contributed by atoms with Crippen LogP contribution in [-0.4, -0.2) is 21.7 Å². The molecular formula is C14H23BrClN3. The molecule has 2 rings (SSSR count). The summed E-state index contributed by atoms with van der Waals surface area (Å²) < 4.78 is 3.14. The summed E-state index contributed by atoms with van der Waals surface area (Å²) >= 11 is 9.79. The molecule has 5 heteroatoms. The Balaban J connectivity index is 1.81. The highest BCUT2D eigenvalue weighted by molar-refractivity contribution is 9.10. The van der Waals surface area contributed by atoms with Crippen LogP contribution in [0.25, 0.3) is 0 Å². The predicted octanol–water partition coefficient (Wildman–Crippen LogP) is 3.63. The molecule has 0 radical (unpaired) electrons. The number of alkyl halides is 1. The molecule has 1 fully saturated rings. The molecule has 1 N–H and O–H groups in total. The van der Waals surface area contributed by atoms with E-state index < -0.39 is 0 Å². The van der Waals surface area contributed by atoms with Crippen LogP contribution >= 0.6 is 27.5 Å². The summed E-state index contributed by atoms with van der Waals surface area (Å²) in [5.74, 6) is 0.785. The second-order valence-corrected chi connectivity index (χ2v) is 6.84. The minimum Gasteiger partial charge on any atom is -0.311 e. The second kappa shape index (κ2) is 7.09. The summed E-state index contributed by atoms with van der Waals surface area (Å²) in [6, 6.07) is 0. The Morgan fingerprint density at radius 2 is 2.05 bits per heavy atom. The van der Waals surface area contributed by atoms with Gasteiger partial charge in [-0.05, 0) is 60.5 Å². The van der Waals surface area contributed by atoms with Gasteiger partial charge in [0.2, 0.25) is 0 Å². The molecule has 3 nitrogen and oxygen atoms in total. The Kier molecular flexibility index (Phi) is 5.72. The minimum absolute atomic E-state index is 0.412. The van der Waals surface area contributed by atoms with Crippen LogP contribution in [0.4, 0.5) is 0 Å². The van der Waals surface area contributed by atoms with Crippen LogP contribution in [0.1, 0.15) is 44.0 Å². The number of nitrogens with zero attached hydrogens (tertiary/aromatic N) is 2. The molecule has 0 atom stereocenters. The summed E-state index contributed by atoms with van der Waals surface area (Å²) in [6.07, 6.45) is 5.82. The SMILES string of the molecule is CCc1nn(C)c(CNCC2CCC(Cl)CC2)c1Br. The minimum atomic E-state index is 0.412. The van der Waals surface area contributed by atoms with Crippen molar-refractivity contribution in [2.24, 2.45) is 13.0 Å². The molecule has 1 aliphatic rings. The molecular weight excluding hydrogens is 326 g/mol. The van der Waals surface area contributed by atoms with Gasteiger partial charge < -0.3 is 5.32 Å². The molecule has 19 heavy (non-hydrogen) atoms. The summed E-state index contributed by atoms with van der Waals surface area (Å²) in [4.78, 5) is 0. The number of aromatic nitrogens is 2. The van der Waals surface area contributed by atoms with E-state index in [0.717, 1.165) is 35.6 Å². The number of hydrogen-bond acceptors (Lipinski definition) is 2. The van der Waals surface area contributed by atoms with Crippen molar-refractivity contribution in [2.75, 3.05) is 6.54 Å². The zero-order chi connectivity index (χ0) is 13.8. The number of rotatable bonds is 5.